The van der Waals surface area contributed by atoms with Gasteiger partial charge in [-0.3, -0.25) is 0 Å². The molecular weight excluding hydrogens is 214 g/mol. The van der Waals surface area contributed by atoms with Crippen molar-refractivity contribution in [2.24, 2.45) is 0 Å². The summed E-state index contributed by atoms with van der Waals surface area (Å²) in [5.74, 6) is 0. The van der Waals surface area contributed by atoms with E-state index in [4.69, 9.17) is 4.74 Å². The second-order valence-electron chi connectivity index (χ2n) is 5.06. The number of ether oxygens (including phenoxy) is 1. The van der Waals surface area contributed by atoms with E-state index in [1.807, 2.05) is 0 Å². The lowest BCUT2D eigenvalue weighted by atomic mass is 9.94. The van der Waals surface area contributed by atoms with Crippen LogP contribution in [0.3, 0.4) is 0 Å². The van der Waals surface area contributed by atoms with Crippen LogP contribution in [-0.2, 0) is 10.2 Å². The Bertz CT molecular complexity index is 395. The van der Waals surface area contributed by atoms with Crippen molar-refractivity contribution in [3.05, 3.63) is 29.8 Å². The maximum Gasteiger partial charge on any atom is 0.0642 e. The van der Waals surface area contributed by atoms with Crippen LogP contribution in [-0.4, -0.2) is 38.0 Å². The van der Waals surface area contributed by atoms with Gasteiger partial charge in [0.1, 0.15) is 0 Å². The summed E-state index contributed by atoms with van der Waals surface area (Å²) in [5, 5.41) is 9.59. The lowest BCUT2D eigenvalue weighted by molar-refractivity contribution is 0.122. The quantitative estimate of drug-likeness (QED) is 0.859. The van der Waals surface area contributed by atoms with Gasteiger partial charge in [-0.25, -0.2) is 0 Å². The number of morpholine rings is 1. The normalized spacial score (nSPS) is 22.5. The van der Waals surface area contributed by atoms with E-state index >= 15 is 0 Å². The summed E-state index contributed by atoms with van der Waals surface area (Å²) in [6.45, 7) is 3.80. The van der Waals surface area contributed by atoms with Crippen LogP contribution >= 0.6 is 0 Å². The van der Waals surface area contributed by atoms with E-state index in [1.54, 1.807) is 0 Å². The highest BCUT2D eigenvalue weighted by molar-refractivity contribution is 5.59. The van der Waals surface area contributed by atoms with Crippen molar-refractivity contribution < 1.29 is 9.84 Å². The van der Waals surface area contributed by atoms with Gasteiger partial charge in [-0.1, -0.05) is 18.2 Å². The van der Waals surface area contributed by atoms with Gasteiger partial charge in [-0.05, 0) is 24.5 Å². The predicted molar refractivity (Wildman–Crippen MR) is 67.5 cm³/mol. The van der Waals surface area contributed by atoms with E-state index in [-0.39, 0.29) is 12.0 Å². The zero-order valence-electron chi connectivity index (χ0n) is 10.1. The van der Waals surface area contributed by atoms with Crippen molar-refractivity contribution in [3.63, 3.8) is 0 Å². The first-order chi connectivity index (χ1) is 8.36. The fourth-order valence-electron chi connectivity index (χ4n) is 2.67. The van der Waals surface area contributed by atoms with Gasteiger partial charge in [0.05, 0.1) is 19.8 Å². The van der Waals surface area contributed by atoms with Crippen molar-refractivity contribution in [3.8, 4) is 0 Å². The highest BCUT2D eigenvalue weighted by Crippen LogP contribution is 2.50. The number of benzene rings is 1. The minimum Gasteiger partial charge on any atom is -0.395 e. The molecule has 1 saturated heterocycles. The van der Waals surface area contributed by atoms with Crippen molar-refractivity contribution in [1.82, 2.24) is 0 Å². The molecule has 0 aromatic heterocycles. The van der Waals surface area contributed by atoms with Crippen molar-refractivity contribution in [2.45, 2.75) is 18.3 Å². The molecule has 0 spiro atoms. The Hall–Kier alpha value is -1.06. The minimum atomic E-state index is 0.0505. The SMILES string of the molecule is OCC1(c2ccccc2N2CCOCC2)CC1. The number of aliphatic hydroxyl groups excluding tert-OH is 1. The van der Waals surface area contributed by atoms with Gasteiger partial charge >= 0.3 is 0 Å². The number of hydrogen-bond acceptors (Lipinski definition) is 3. The predicted octanol–water partition coefficient (Wildman–Crippen LogP) is 1.55. The third-order valence-corrected chi connectivity index (χ3v) is 3.98. The molecule has 0 radical (unpaired) electrons. The third-order valence-electron chi connectivity index (χ3n) is 3.98. The largest absolute Gasteiger partial charge is 0.395 e. The number of anilines is 1. The Morgan fingerprint density at radius 3 is 2.53 bits per heavy atom. The van der Waals surface area contributed by atoms with Gasteiger partial charge in [0.15, 0.2) is 0 Å². The molecule has 3 rings (SSSR count). The molecule has 1 saturated carbocycles. The Morgan fingerprint density at radius 1 is 1.18 bits per heavy atom. The standard InChI is InChI=1S/C14H19NO2/c16-11-14(5-6-14)12-3-1-2-4-13(12)15-7-9-17-10-8-15/h1-4,16H,5-11H2. The number of para-hydroxylation sites is 1. The molecule has 2 aliphatic rings. The molecule has 2 fully saturated rings. The van der Waals surface area contributed by atoms with Gasteiger partial charge in [0, 0.05) is 24.2 Å². The van der Waals surface area contributed by atoms with Crippen molar-refractivity contribution in [2.75, 3.05) is 37.8 Å². The van der Waals surface area contributed by atoms with E-state index in [9.17, 15) is 5.11 Å². The summed E-state index contributed by atoms with van der Waals surface area (Å²) in [6.07, 6.45) is 2.23. The fourth-order valence-corrected chi connectivity index (χ4v) is 2.67. The molecule has 1 aromatic rings. The van der Waals surface area contributed by atoms with Gasteiger partial charge < -0.3 is 14.7 Å². The molecule has 0 amide bonds. The summed E-state index contributed by atoms with van der Waals surface area (Å²) < 4.78 is 5.40. The van der Waals surface area contributed by atoms with E-state index in [0.717, 1.165) is 39.1 Å². The monoisotopic (exact) mass is 233 g/mol. The van der Waals surface area contributed by atoms with Crippen molar-refractivity contribution >= 4 is 5.69 Å². The first kappa shape index (κ1) is 11.1. The molecule has 1 aliphatic carbocycles. The summed E-state index contributed by atoms with van der Waals surface area (Å²) >= 11 is 0. The molecule has 17 heavy (non-hydrogen) atoms. The van der Waals surface area contributed by atoms with Gasteiger partial charge in [-0.2, -0.15) is 0 Å². The van der Waals surface area contributed by atoms with Crippen LogP contribution in [0.4, 0.5) is 5.69 Å². The summed E-state index contributed by atoms with van der Waals surface area (Å²) in [5.41, 5.74) is 2.67. The first-order valence-corrected chi connectivity index (χ1v) is 6.39. The molecule has 0 unspecified atom stereocenters. The Morgan fingerprint density at radius 2 is 1.88 bits per heavy atom. The number of rotatable bonds is 3. The summed E-state index contributed by atoms with van der Waals surface area (Å²) in [4.78, 5) is 2.38. The number of hydrogen-bond donors (Lipinski definition) is 1. The van der Waals surface area contributed by atoms with E-state index in [0.29, 0.717) is 0 Å². The van der Waals surface area contributed by atoms with Gasteiger partial charge in [0.25, 0.3) is 0 Å². The average molecular weight is 233 g/mol. The number of nitrogens with zero attached hydrogens (tertiary/aromatic N) is 1. The Kier molecular flexibility index (Phi) is 2.81. The second-order valence-corrected chi connectivity index (χ2v) is 5.06. The van der Waals surface area contributed by atoms with E-state index in [2.05, 4.69) is 29.2 Å². The van der Waals surface area contributed by atoms with Crippen LogP contribution in [0.15, 0.2) is 24.3 Å². The lowest BCUT2D eigenvalue weighted by Crippen LogP contribution is -2.37. The maximum atomic E-state index is 9.59. The molecule has 1 N–H and O–H groups in total. The first-order valence-electron chi connectivity index (χ1n) is 6.39. The maximum absolute atomic E-state index is 9.59. The van der Waals surface area contributed by atoms with Crippen LogP contribution in [0, 0.1) is 0 Å². The second kappa shape index (κ2) is 4.31. The minimum absolute atomic E-state index is 0.0505. The van der Waals surface area contributed by atoms with Gasteiger partial charge in [0.2, 0.25) is 0 Å². The van der Waals surface area contributed by atoms with E-state index in [1.165, 1.54) is 11.3 Å². The summed E-state index contributed by atoms with van der Waals surface area (Å²) in [7, 11) is 0. The zero-order chi connectivity index (χ0) is 11.7. The van der Waals surface area contributed by atoms with Crippen LogP contribution < -0.4 is 4.90 Å². The molecule has 3 heteroatoms. The summed E-state index contributed by atoms with van der Waals surface area (Å²) in [6, 6.07) is 8.52. The molecule has 1 heterocycles. The van der Waals surface area contributed by atoms with Crippen LogP contribution in [0.2, 0.25) is 0 Å². The molecule has 92 valence electrons. The topological polar surface area (TPSA) is 32.7 Å². The fraction of sp³-hybridized carbons (Fsp3) is 0.571. The van der Waals surface area contributed by atoms with Crippen LogP contribution in [0.1, 0.15) is 18.4 Å². The molecule has 0 bridgehead atoms. The number of aliphatic hydroxyl groups is 1. The smallest absolute Gasteiger partial charge is 0.0642 e. The zero-order valence-corrected chi connectivity index (χ0v) is 10.1. The Balaban J connectivity index is 1.93. The van der Waals surface area contributed by atoms with Crippen molar-refractivity contribution in [1.29, 1.82) is 0 Å². The van der Waals surface area contributed by atoms with Crippen LogP contribution in [0.5, 0.6) is 0 Å². The van der Waals surface area contributed by atoms with Crippen LogP contribution in [0.25, 0.3) is 0 Å². The van der Waals surface area contributed by atoms with E-state index < -0.39 is 0 Å². The van der Waals surface area contributed by atoms with Gasteiger partial charge in [-0.15, -0.1) is 0 Å². The molecule has 1 aliphatic heterocycles. The Labute approximate surface area is 102 Å². The average Bonchev–Trinajstić information content (AvgIpc) is 3.21. The molecule has 1 aromatic carbocycles. The molecule has 3 nitrogen and oxygen atoms in total. The highest BCUT2D eigenvalue weighted by Gasteiger charge is 2.45. The third kappa shape index (κ3) is 1.94. The highest BCUT2D eigenvalue weighted by atomic mass is 16.5. The lowest BCUT2D eigenvalue weighted by Gasteiger charge is -2.32. The molecule has 0 atom stereocenters. The molecular formula is C14H19NO2.